The zero-order valence-corrected chi connectivity index (χ0v) is 13.5. The van der Waals surface area contributed by atoms with Crippen LogP contribution in [0.25, 0.3) is 0 Å². The molecule has 0 saturated carbocycles. The number of nitrogens with zero attached hydrogens (tertiary/aromatic N) is 2. The van der Waals surface area contributed by atoms with Crippen molar-refractivity contribution >= 4 is 17.5 Å². The second-order valence-electron chi connectivity index (χ2n) is 6.54. The van der Waals surface area contributed by atoms with Gasteiger partial charge in [0, 0.05) is 33.8 Å². The summed E-state index contributed by atoms with van der Waals surface area (Å²) in [6.07, 6.45) is 1.76. The maximum absolute atomic E-state index is 12.0. The number of rotatable bonds is 3. The van der Waals surface area contributed by atoms with Crippen LogP contribution in [0.15, 0.2) is 17.1 Å². The van der Waals surface area contributed by atoms with Gasteiger partial charge in [-0.3, -0.25) is 14.4 Å². The predicted molar refractivity (Wildman–Crippen MR) is 82.4 cm³/mol. The Hall–Kier alpha value is -2.11. The third-order valence-electron chi connectivity index (χ3n) is 2.80. The van der Waals surface area contributed by atoms with Crippen LogP contribution < -0.4 is 10.9 Å². The topological polar surface area (TPSA) is 71.4 Å². The Morgan fingerprint density at radius 2 is 1.86 bits per heavy atom. The smallest absolute Gasteiger partial charge is 0.274 e. The summed E-state index contributed by atoms with van der Waals surface area (Å²) < 4.78 is 1.30. The molecule has 0 aliphatic carbocycles. The number of anilines is 1. The number of carbonyl (C=O) groups is 2. The molecule has 6 heteroatoms. The SMILES string of the molecule is CN(C)C(=O)c1cc(NC(=O)CC(C)(C)C)c(=O)n(C)c1. The number of aromatic nitrogens is 1. The minimum Gasteiger partial charge on any atom is -0.345 e. The Kier molecular flexibility index (Phi) is 4.93. The van der Waals surface area contributed by atoms with Crippen molar-refractivity contribution in [2.24, 2.45) is 12.5 Å². The van der Waals surface area contributed by atoms with Gasteiger partial charge in [-0.2, -0.15) is 0 Å². The summed E-state index contributed by atoms with van der Waals surface area (Å²) in [5.41, 5.74) is -0.0352. The molecule has 1 N–H and O–H groups in total. The lowest BCUT2D eigenvalue weighted by molar-refractivity contribution is -0.117. The maximum atomic E-state index is 12.0. The van der Waals surface area contributed by atoms with Gasteiger partial charge in [0.2, 0.25) is 5.91 Å². The van der Waals surface area contributed by atoms with Gasteiger partial charge in [-0.25, -0.2) is 0 Å². The lowest BCUT2D eigenvalue weighted by Gasteiger charge is -2.18. The van der Waals surface area contributed by atoms with E-state index in [1.165, 1.54) is 21.7 Å². The molecule has 0 radical (unpaired) electrons. The zero-order chi connectivity index (χ0) is 16.4. The molecule has 1 aromatic heterocycles. The van der Waals surface area contributed by atoms with Crippen molar-refractivity contribution in [1.82, 2.24) is 9.47 Å². The molecule has 1 heterocycles. The van der Waals surface area contributed by atoms with Gasteiger partial charge < -0.3 is 14.8 Å². The second-order valence-corrected chi connectivity index (χ2v) is 6.54. The van der Waals surface area contributed by atoms with Gasteiger partial charge in [0.05, 0.1) is 5.56 Å². The van der Waals surface area contributed by atoms with Gasteiger partial charge in [-0.15, -0.1) is 0 Å². The minimum absolute atomic E-state index is 0.124. The average Bonchev–Trinajstić information content (AvgIpc) is 2.31. The molecule has 0 spiro atoms. The molecule has 0 saturated heterocycles. The van der Waals surface area contributed by atoms with E-state index in [4.69, 9.17) is 0 Å². The number of aryl methyl sites for hydroxylation is 1. The molecular weight excluding hydrogens is 270 g/mol. The summed E-state index contributed by atoms with van der Waals surface area (Å²) in [6.45, 7) is 5.82. The molecule has 6 nitrogen and oxygen atoms in total. The van der Waals surface area contributed by atoms with Crippen molar-refractivity contribution in [2.75, 3.05) is 19.4 Å². The largest absolute Gasteiger partial charge is 0.345 e. The Morgan fingerprint density at radius 1 is 1.29 bits per heavy atom. The molecule has 0 fully saturated rings. The highest BCUT2D eigenvalue weighted by Gasteiger charge is 2.18. The molecule has 0 aliphatic heterocycles. The molecule has 0 aromatic carbocycles. The van der Waals surface area contributed by atoms with Gasteiger partial charge >= 0.3 is 0 Å². The van der Waals surface area contributed by atoms with Crippen LogP contribution >= 0.6 is 0 Å². The van der Waals surface area contributed by atoms with E-state index in [9.17, 15) is 14.4 Å². The van der Waals surface area contributed by atoms with Crippen LogP contribution in [0.4, 0.5) is 5.69 Å². The maximum Gasteiger partial charge on any atom is 0.274 e. The van der Waals surface area contributed by atoms with Crippen molar-refractivity contribution in [1.29, 1.82) is 0 Å². The van der Waals surface area contributed by atoms with Crippen molar-refractivity contribution in [3.05, 3.63) is 28.2 Å². The summed E-state index contributed by atoms with van der Waals surface area (Å²) in [6, 6.07) is 1.42. The van der Waals surface area contributed by atoms with Crippen molar-refractivity contribution < 1.29 is 9.59 Å². The standard InChI is InChI=1S/C15H23N3O3/c1-15(2,3)8-12(19)16-11-7-10(13(20)17(4)5)9-18(6)14(11)21/h7,9H,8H2,1-6H3,(H,16,19). The quantitative estimate of drug-likeness (QED) is 0.917. The molecule has 1 rings (SSSR count). The molecular formula is C15H23N3O3. The summed E-state index contributed by atoms with van der Waals surface area (Å²) >= 11 is 0. The number of carbonyl (C=O) groups excluding carboxylic acids is 2. The highest BCUT2D eigenvalue weighted by molar-refractivity contribution is 5.96. The normalized spacial score (nSPS) is 11.1. The van der Waals surface area contributed by atoms with Crippen LogP contribution in [0, 0.1) is 5.41 Å². The summed E-state index contributed by atoms with van der Waals surface area (Å²) in [5, 5.41) is 2.60. The van der Waals surface area contributed by atoms with E-state index in [0.717, 1.165) is 0 Å². The Bertz CT molecular complexity index is 610. The molecule has 116 valence electrons. The minimum atomic E-state index is -0.340. The van der Waals surface area contributed by atoms with Gasteiger partial charge in [0.25, 0.3) is 11.5 Å². The monoisotopic (exact) mass is 293 g/mol. The fourth-order valence-corrected chi connectivity index (χ4v) is 1.85. The van der Waals surface area contributed by atoms with E-state index < -0.39 is 0 Å². The van der Waals surface area contributed by atoms with Crippen LogP contribution in [0.3, 0.4) is 0 Å². The molecule has 2 amide bonds. The van der Waals surface area contributed by atoms with Gasteiger partial charge in [0.15, 0.2) is 0 Å². The number of amides is 2. The Morgan fingerprint density at radius 3 is 2.33 bits per heavy atom. The zero-order valence-electron chi connectivity index (χ0n) is 13.5. The summed E-state index contributed by atoms with van der Waals surface area (Å²) in [7, 11) is 4.81. The molecule has 21 heavy (non-hydrogen) atoms. The lowest BCUT2D eigenvalue weighted by Crippen LogP contribution is -2.29. The van der Waals surface area contributed by atoms with Crippen molar-refractivity contribution in [2.45, 2.75) is 27.2 Å². The van der Waals surface area contributed by atoms with E-state index >= 15 is 0 Å². The first kappa shape index (κ1) is 16.9. The third kappa shape index (κ3) is 4.73. The average molecular weight is 293 g/mol. The van der Waals surface area contributed by atoms with Crippen molar-refractivity contribution in [3.8, 4) is 0 Å². The van der Waals surface area contributed by atoms with E-state index in [1.807, 2.05) is 20.8 Å². The molecule has 1 aromatic rings. The number of hydrogen-bond acceptors (Lipinski definition) is 3. The van der Waals surface area contributed by atoms with E-state index in [1.54, 1.807) is 21.1 Å². The Labute approximate surface area is 124 Å². The third-order valence-corrected chi connectivity index (χ3v) is 2.80. The molecule has 0 atom stereocenters. The summed E-state index contributed by atoms with van der Waals surface area (Å²) in [4.78, 5) is 37.4. The van der Waals surface area contributed by atoms with E-state index in [2.05, 4.69) is 5.32 Å². The number of hydrogen-bond donors (Lipinski definition) is 1. The van der Waals surface area contributed by atoms with Crippen LogP contribution in [0.1, 0.15) is 37.6 Å². The molecule has 0 aliphatic rings. The first-order valence-electron chi connectivity index (χ1n) is 6.73. The highest BCUT2D eigenvalue weighted by atomic mass is 16.2. The lowest BCUT2D eigenvalue weighted by atomic mass is 9.92. The second kappa shape index (κ2) is 6.11. The van der Waals surface area contributed by atoms with Gasteiger partial charge in [0.1, 0.15) is 5.69 Å². The number of nitrogens with one attached hydrogen (secondary N) is 1. The van der Waals surface area contributed by atoms with Crippen LogP contribution in [-0.4, -0.2) is 35.4 Å². The highest BCUT2D eigenvalue weighted by Crippen LogP contribution is 2.19. The van der Waals surface area contributed by atoms with Crippen LogP contribution in [-0.2, 0) is 11.8 Å². The number of pyridine rings is 1. The Balaban J connectivity index is 3.10. The van der Waals surface area contributed by atoms with Gasteiger partial charge in [-0.05, 0) is 11.5 Å². The first-order valence-corrected chi connectivity index (χ1v) is 6.73. The van der Waals surface area contributed by atoms with Gasteiger partial charge in [-0.1, -0.05) is 20.8 Å². The fraction of sp³-hybridized carbons (Fsp3) is 0.533. The van der Waals surface area contributed by atoms with Crippen LogP contribution in [0.5, 0.6) is 0 Å². The molecule has 0 unspecified atom stereocenters. The predicted octanol–water partition coefficient (Wildman–Crippen LogP) is 1.46. The first-order chi connectivity index (χ1) is 9.51. The van der Waals surface area contributed by atoms with Crippen LogP contribution in [0.2, 0.25) is 0 Å². The fourth-order valence-electron chi connectivity index (χ4n) is 1.85. The summed E-state index contributed by atoms with van der Waals surface area (Å²) in [5.74, 6) is -0.467. The van der Waals surface area contributed by atoms with Crippen molar-refractivity contribution in [3.63, 3.8) is 0 Å². The van der Waals surface area contributed by atoms with E-state index in [0.29, 0.717) is 12.0 Å². The van der Waals surface area contributed by atoms with E-state index in [-0.39, 0.29) is 28.5 Å². The molecule has 0 bridgehead atoms.